The molecule has 3 aliphatic rings. The van der Waals surface area contributed by atoms with E-state index >= 15 is 0 Å². The number of aromatic nitrogens is 1. The van der Waals surface area contributed by atoms with Crippen molar-refractivity contribution in [1.29, 1.82) is 0 Å². The number of morpholine rings is 1. The van der Waals surface area contributed by atoms with E-state index in [0.717, 1.165) is 63.7 Å². The summed E-state index contributed by atoms with van der Waals surface area (Å²) in [6.45, 7) is 8.70. The molecule has 0 spiro atoms. The lowest BCUT2D eigenvalue weighted by Gasteiger charge is -2.36. The molecular weight excluding hydrogens is 394 g/mol. The van der Waals surface area contributed by atoms with Crippen molar-refractivity contribution in [2.24, 2.45) is 16.8 Å². The maximum atomic E-state index is 12.8. The fourth-order valence-electron chi connectivity index (χ4n) is 4.09. The number of aliphatic imine (C=N–C) groups is 1. The molecule has 0 atom stereocenters. The summed E-state index contributed by atoms with van der Waals surface area (Å²) in [7, 11) is 0. The summed E-state index contributed by atoms with van der Waals surface area (Å²) in [6, 6.07) is 3.98. The molecule has 1 amide bonds. The van der Waals surface area contributed by atoms with Crippen molar-refractivity contribution in [3.63, 3.8) is 0 Å². The molecule has 2 saturated heterocycles. The summed E-state index contributed by atoms with van der Waals surface area (Å²) < 4.78 is 11.2. The van der Waals surface area contributed by atoms with Crippen molar-refractivity contribution >= 4 is 11.9 Å². The van der Waals surface area contributed by atoms with Gasteiger partial charge in [-0.15, -0.1) is 0 Å². The van der Waals surface area contributed by atoms with E-state index in [1.54, 1.807) is 6.20 Å². The highest BCUT2D eigenvalue weighted by atomic mass is 16.5. The molecule has 8 nitrogen and oxygen atoms in total. The fourth-order valence-corrected chi connectivity index (χ4v) is 4.09. The van der Waals surface area contributed by atoms with E-state index in [-0.39, 0.29) is 5.92 Å². The van der Waals surface area contributed by atoms with E-state index in [4.69, 9.17) is 14.5 Å². The van der Waals surface area contributed by atoms with Crippen LogP contribution in [0.15, 0.2) is 23.3 Å². The average Bonchev–Trinajstić information content (AvgIpc) is 3.66. The molecule has 170 valence electrons. The zero-order chi connectivity index (χ0) is 21.5. The van der Waals surface area contributed by atoms with E-state index in [2.05, 4.69) is 22.1 Å². The highest BCUT2D eigenvalue weighted by molar-refractivity contribution is 5.82. The van der Waals surface area contributed by atoms with Gasteiger partial charge in [-0.2, -0.15) is 0 Å². The summed E-state index contributed by atoms with van der Waals surface area (Å²) in [5.74, 6) is 2.72. The third kappa shape index (κ3) is 6.32. The lowest BCUT2D eigenvalue weighted by atomic mass is 9.95. The minimum Gasteiger partial charge on any atom is -0.477 e. The van der Waals surface area contributed by atoms with Crippen molar-refractivity contribution in [3.05, 3.63) is 23.9 Å². The predicted octanol–water partition coefficient (Wildman–Crippen LogP) is 1.91. The van der Waals surface area contributed by atoms with Gasteiger partial charge in [0.15, 0.2) is 5.96 Å². The van der Waals surface area contributed by atoms with Gasteiger partial charge in [0, 0.05) is 50.9 Å². The first-order valence-corrected chi connectivity index (χ1v) is 11.7. The van der Waals surface area contributed by atoms with Gasteiger partial charge in [0.2, 0.25) is 11.8 Å². The van der Waals surface area contributed by atoms with Crippen LogP contribution in [0, 0.1) is 11.8 Å². The Bertz CT molecular complexity index is 753. The molecule has 8 heteroatoms. The molecule has 1 aromatic rings. The first-order valence-electron chi connectivity index (χ1n) is 11.7. The zero-order valence-electron chi connectivity index (χ0n) is 18.6. The first kappa shape index (κ1) is 21.9. The molecule has 3 fully saturated rings. The quantitative estimate of drug-likeness (QED) is 0.527. The molecule has 4 rings (SSSR count). The van der Waals surface area contributed by atoms with Crippen molar-refractivity contribution in [2.45, 2.75) is 39.2 Å². The molecule has 0 aromatic carbocycles. The second-order valence-corrected chi connectivity index (χ2v) is 8.63. The summed E-state index contributed by atoms with van der Waals surface area (Å²) in [5, 5.41) is 3.41. The van der Waals surface area contributed by atoms with Crippen LogP contribution < -0.4 is 10.1 Å². The number of nitrogens with zero attached hydrogens (tertiary/aromatic N) is 4. The maximum absolute atomic E-state index is 12.8. The van der Waals surface area contributed by atoms with Crippen molar-refractivity contribution in [1.82, 2.24) is 20.1 Å². The van der Waals surface area contributed by atoms with Crippen LogP contribution in [-0.2, 0) is 16.1 Å². The molecule has 0 radical (unpaired) electrons. The average molecular weight is 430 g/mol. The number of hydrogen-bond donors (Lipinski definition) is 1. The largest absolute Gasteiger partial charge is 0.477 e. The van der Waals surface area contributed by atoms with Crippen molar-refractivity contribution < 1.29 is 14.3 Å². The number of rotatable bonds is 7. The van der Waals surface area contributed by atoms with Gasteiger partial charge in [0.25, 0.3) is 0 Å². The van der Waals surface area contributed by atoms with E-state index in [1.807, 2.05) is 17.0 Å². The maximum Gasteiger partial charge on any atom is 0.225 e. The SMILES string of the molecule is CCNC(=NCc1ccnc(OCC2CC2)c1)N1CCC(C(=O)N2CCOCC2)CC1. The molecule has 0 unspecified atom stereocenters. The molecule has 31 heavy (non-hydrogen) atoms. The molecule has 3 heterocycles. The second kappa shape index (κ2) is 10.8. The number of piperidine rings is 1. The minimum absolute atomic E-state index is 0.114. The number of carbonyl (C=O) groups excluding carboxylic acids is 1. The highest BCUT2D eigenvalue weighted by Crippen LogP contribution is 2.29. The van der Waals surface area contributed by atoms with Gasteiger partial charge < -0.3 is 24.6 Å². The number of carbonyl (C=O) groups is 1. The normalized spacial score (nSPS) is 20.6. The minimum atomic E-state index is 0.114. The fraction of sp³-hybridized carbons (Fsp3) is 0.696. The van der Waals surface area contributed by atoms with Gasteiger partial charge in [-0.25, -0.2) is 9.98 Å². The van der Waals surface area contributed by atoms with Crippen LogP contribution in [0.2, 0.25) is 0 Å². The molecule has 1 aliphatic carbocycles. The number of pyridine rings is 1. The summed E-state index contributed by atoms with van der Waals surface area (Å²) in [6.07, 6.45) is 6.07. The number of ether oxygens (including phenoxy) is 2. The Morgan fingerprint density at radius 1 is 1.19 bits per heavy atom. The lowest BCUT2D eigenvalue weighted by molar-refractivity contribution is -0.140. The van der Waals surface area contributed by atoms with Crippen LogP contribution in [0.3, 0.4) is 0 Å². The Hall–Kier alpha value is -2.35. The molecule has 2 aliphatic heterocycles. The third-order valence-corrected chi connectivity index (χ3v) is 6.18. The number of hydrogen-bond acceptors (Lipinski definition) is 5. The molecule has 0 bridgehead atoms. The van der Waals surface area contributed by atoms with Crippen molar-refractivity contribution in [2.75, 3.05) is 52.5 Å². The van der Waals surface area contributed by atoms with E-state index in [9.17, 15) is 4.79 Å². The summed E-state index contributed by atoms with van der Waals surface area (Å²) in [5.41, 5.74) is 1.09. The molecule has 1 aromatic heterocycles. The first-order chi connectivity index (χ1) is 15.2. The topological polar surface area (TPSA) is 79.3 Å². The van der Waals surface area contributed by atoms with Gasteiger partial charge in [0.05, 0.1) is 26.4 Å². The van der Waals surface area contributed by atoms with Crippen LogP contribution in [-0.4, -0.2) is 79.2 Å². The third-order valence-electron chi connectivity index (χ3n) is 6.18. The van der Waals surface area contributed by atoms with Gasteiger partial charge in [-0.3, -0.25) is 4.79 Å². The molecule has 1 saturated carbocycles. The van der Waals surface area contributed by atoms with Crippen LogP contribution in [0.5, 0.6) is 5.88 Å². The Morgan fingerprint density at radius 2 is 1.97 bits per heavy atom. The number of guanidine groups is 1. The van der Waals surface area contributed by atoms with Gasteiger partial charge in [-0.1, -0.05) is 0 Å². The Balaban J connectivity index is 1.30. The summed E-state index contributed by atoms with van der Waals surface area (Å²) in [4.78, 5) is 26.2. The second-order valence-electron chi connectivity index (χ2n) is 8.63. The standard InChI is InChI=1S/C23H35N5O3/c1-2-24-23(26-16-19-5-8-25-21(15-19)31-17-18-3-4-18)28-9-6-20(7-10-28)22(29)27-11-13-30-14-12-27/h5,8,15,18,20H,2-4,6-7,9-14,16-17H2,1H3,(H,24,26). The molecule has 1 N–H and O–H groups in total. The van der Waals surface area contributed by atoms with E-state index < -0.39 is 0 Å². The van der Waals surface area contributed by atoms with Crippen LogP contribution in [0.4, 0.5) is 0 Å². The van der Waals surface area contributed by atoms with Gasteiger partial charge >= 0.3 is 0 Å². The highest BCUT2D eigenvalue weighted by Gasteiger charge is 2.30. The van der Waals surface area contributed by atoms with Gasteiger partial charge in [0.1, 0.15) is 0 Å². The smallest absolute Gasteiger partial charge is 0.225 e. The number of nitrogens with one attached hydrogen (secondary N) is 1. The lowest BCUT2D eigenvalue weighted by Crippen LogP contribution is -2.50. The Kier molecular flexibility index (Phi) is 7.61. The Labute approximate surface area is 185 Å². The Morgan fingerprint density at radius 3 is 2.68 bits per heavy atom. The van der Waals surface area contributed by atoms with Gasteiger partial charge in [-0.05, 0) is 50.2 Å². The predicted molar refractivity (Wildman–Crippen MR) is 119 cm³/mol. The zero-order valence-corrected chi connectivity index (χ0v) is 18.6. The molecular formula is C23H35N5O3. The monoisotopic (exact) mass is 429 g/mol. The van der Waals surface area contributed by atoms with Crippen LogP contribution >= 0.6 is 0 Å². The van der Waals surface area contributed by atoms with Crippen LogP contribution in [0.25, 0.3) is 0 Å². The van der Waals surface area contributed by atoms with E-state index in [1.165, 1.54) is 12.8 Å². The number of amides is 1. The summed E-state index contributed by atoms with van der Waals surface area (Å²) >= 11 is 0. The van der Waals surface area contributed by atoms with Crippen molar-refractivity contribution in [3.8, 4) is 5.88 Å². The van der Waals surface area contributed by atoms with Crippen LogP contribution in [0.1, 0.15) is 38.2 Å². The van der Waals surface area contributed by atoms with E-state index in [0.29, 0.717) is 37.5 Å². The number of likely N-dealkylation sites (tertiary alicyclic amines) is 1.